The molecular formula is C28H28F3N5O5. The Labute approximate surface area is 232 Å². The lowest BCUT2D eigenvalue weighted by atomic mass is 9.91. The van der Waals surface area contributed by atoms with Crippen LogP contribution in [0.1, 0.15) is 29.3 Å². The van der Waals surface area contributed by atoms with Gasteiger partial charge in [-0.2, -0.15) is 18.3 Å². The van der Waals surface area contributed by atoms with Gasteiger partial charge in [0.25, 0.3) is 5.69 Å². The quantitative estimate of drug-likeness (QED) is 0.182. The van der Waals surface area contributed by atoms with Gasteiger partial charge in [-0.05, 0) is 18.6 Å². The SMILES string of the molecule is CCOC(=O)Cn1cc2c(n1)CCN(CC(O)(c1cn(Cc3ccccc3)c3cc([N+](=O)[O-])ccc13)C(F)(F)F)C2. The number of β-amino-alcohol motifs (C(OH)–C–C–N with tert-alkyl or cyclic N) is 1. The molecule has 0 fully saturated rings. The van der Waals surface area contributed by atoms with Gasteiger partial charge in [0.2, 0.25) is 5.60 Å². The van der Waals surface area contributed by atoms with E-state index < -0.39 is 29.2 Å². The lowest BCUT2D eigenvalue weighted by molar-refractivity contribution is -0.384. The highest BCUT2D eigenvalue weighted by molar-refractivity contribution is 5.87. The number of benzene rings is 2. The molecule has 0 amide bonds. The molecule has 41 heavy (non-hydrogen) atoms. The van der Waals surface area contributed by atoms with Crippen molar-refractivity contribution in [3.05, 3.63) is 93.4 Å². The number of aromatic nitrogens is 3. The maximum atomic E-state index is 14.8. The summed E-state index contributed by atoms with van der Waals surface area (Å²) in [6, 6.07) is 12.6. The van der Waals surface area contributed by atoms with Gasteiger partial charge in [-0.3, -0.25) is 24.5 Å². The van der Waals surface area contributed by atoms with Gasteiger partial charge in [-0.25, -0.2) is 0 Å². The number of carbonyl (C=O) groups is 1. The Morgan fingerprint density at radius 2 is 1.93 bits per heavy atom. The molecular weight excluding hydrogens is 543 g/mol. The first-order valence-corrected chi connectivity index (χ1v) is 13.0. The minimum absolute atomic E-state index is 0.0753. The van der Waals surface area contributed by atoms with E-state index in [0.29, 0.717) is 17.7 Å². The summed E-state index contributed by atoms with van der Waals surface area (Å²) in [6.45, 7) is 1.48. The molecule has 0 aliphatic carbocycles. The molecule has 4 aromatic rings. The minimum Gasteiger partial charge on any atom is -0.465 e. The Morgan fingerprint density at radius 3 is 2.61 bits per heavy atom. The zero-order valence-corrected chi connectivity index (χ0v) is 22.2. The fraction of sp³-hybridized carbons (Fsp3) is 0.357. The van der Waals surface area contributed by atoms with Crippen LogP contribution in [-0.4, -0.2) is 61.1 Å². The van der Waals surface area contributed by atoms with Gasteiger partial charge >= 0.3 is 12.1 Å². The lowest BCUT2D eigenvalue weighted by Gasteiger charge is -2.37. The summed E-state index contributed by atoms with van der Waals surface area (Å²) >= 11 is 0. The van der Waals surface area contributed by atoms with E-state index in [4.69, 9.17) is 4.74 Å². The number of carbonyl (C=O) groups excluding carboxylic acids is 1. The molecule has 3 heterocycles. The second-order valence-corrected chi connectivity index (χ2v) is 10.0. The molecule has 1 N–H and O–H groups in total. The first kappa shape index (κ1) is 28.3. The van der Waals surface area contributed by atoms with Crippen molar-refractivity contribution < 1.29 is 32.7 Å². The van der Waals surface area contributed by atoms with Gasteiger partial charge in [-0.15, -0.1) is 0 Å². The maximum absolute atomic E-state index is 14.8. The third-order valence-electron chi connectivity index (χ3n) is 7.22. The van der Waals surface area contributed by atoms with Crippen molar-refractivity contribution in [2.45, 2.75) is 44.8 Å². The van der Waals surface area contributed by atoms with E-state index in [0.717, 1.165) is 11.6 Å². The lowest BCUT2D eigenvalue weighted by Crippen LogP contribution is -2.51. The number of hydrogen-bond acceptors (Lipinski definition) is 7. The van der Waals surface area contributed by atoms with Gasteiger partial charge in [0, 0.05) is 73.6 Å². The summed E-state index contributed by atoms with van der Waals surface area (Å²) in [5.74, 6) is -0.470. The van der Waals surface area contributed by atoms with Crippen molar-refractivity contribution in [1.82, 2.24) is 19.2 Å². The van der Waals surface area contributed by atoms with Crippen molar-refractivity contribution in [3.63, 3.8) is 0 Å². The maximum Gasteiger partial charge on any atom is 0.422 e. The standard InChI is InChI=1S/C28H28F3N5O5/c1-2-41-26(37)17-35-15-20-14-33(11-10-24(20)32-35)18-27(38,28(29,30)31)23-16-34(13-19-6-4-3-5-7-19)25-12-21(36(39)40)8-9-22(23)25/h3-9,12,15-16,38H,2,10-11,13-14,17-18H2,1H3. The number of halogens is 3. The number of ether oxygens (including phenoxy) is 1. The van der Waals surface area contributed by atoms with Crippen LogP contribution in [0.4, 0.5) is 18.9 Å². The van der Waals surface area contributed by atoms with Crippen LogP contribution < -0.4 is 0 Å². The van der Waals surface area contributed by atoms with Crippen molar-refractivity contribution in [1.29, 1.82) is 0 Å². The van der Waals surface area contributed by atoms with Gasteiger partial charge < -0.3 is 14.4 Å². The molecule has 0 spiro atoms. The summed E-state index contributed by atoms with van der Waals surface area (Å²) in [4.78, 5) is 24.2. The van der Waals surface area contributed by atoms with Gasteiger partial charge in [0.1, 0.15) is 6.54 Å². The summed E-state index contributed by atoms with van der Waals surface area (Å²) in [5.41, 5.74) is -1.60. The third-order valence-corrected chi connectivity index (χ3v) is 7.22. The highest BCUT2D eigenvalue weighted by atomic mass is 19.4. The summed E-state index contributed by atoms with van der Waals surface area (Å²) < 4.78 is 52.2. The molecule has 216 valence electrons. The third kappa shape index (κ3) is 5.68. The Hall–Kier alpha value is -4.23. The first-order chi connectivity index (χ1) is 19.5. The number of hydrogen-bond donors (Lipinski definition) is 1. The van der Waals surface area contributed by atoms with E-state index in [-0.39, 0.29) is 54.9 Å². The molecule has 10 nitrogen and oxygen atoms in total. The van der Waals surface area contributed by atoms with Crippen molar-refractivity contribution in [2.24, 2.45) is 0 Å². The monoisotopic (exact) mass is 571 g/mol. The smallest absolute Gasteiger partial charge is 0.422 e. The number of rotatable bonds is 9. The molecule has 13 heteroatoms. The number of nitro benzene ring substituents is 1. The number of non-ortho nitro benzene ring substituents is 1. The van der Waals surface area contributed by atoms with Crippen LogP contribution in [0, 0.1) is 10.1 Å². The molecule has 0 saturated heterocycles. The van der Waals surface area contributed by atoms with Crippen LogP contribution in [-0.2, 0) is 41.2 Å². The zero-order chi connectivity index (χ0) is 29.4. The van der Waals surface area contributed by atoms with Crippen molar-refractivity contribution in [2.75, 3.05) is 19.7 Å². The molecule has 1 aliphatic heterocycles. The van der Waals surface area contributed by atoms with E-state index in [1.165, 1.54) is 32.5 Å². The molecule has 2 aromatic carbocycles. The Kier molecular flexibility index (Phi) is 7.58. The number of aliphatic hydroxyl groups is 1. The molecule has 0 bridgehead atoms. The topological polar surface area (TPSA) is 116 Å². The Morgan fingerprint density at radius 1 is 1.17 bits per heavy atom. The van der Waals surface area contributed by atoms with E-state index in [9.17, 15) is 33.2 Å². The van der Waals surface area contributed by atoms with E-state index in [1.54, 1.807) is 43.5 Å². The van der Waals surface area contributed by atoms with E-state index in [1.807, 2.05) is 0 Å². The predicted molar refractivity (Wildman–Crippen MR) is 142 cm³/mol. The number of alkyl halides is 3. The van der Waals surface area contributed by atoms with E-state index >= 15 is 0 Å². The van der Waals surface area contributed by atoms with Gasteiger partial charge in [0.15, 0.2) is 0 Å². The van der Waals surface area contributed by atoms with E-state index in [2.05, 4.69) is 5.10 Å². The predicted octanol–water partition coefficient (Wildman–Crippen LogP) is 4.17. The van der Waals surface area contributed by atoms with Crippen LogP contribution in [0.3, 0.4) is 0 Å². The average Bonchev–Trinajstić information content (AvgIpc) is 3.49. The molecule has 0 radical (unpaired) electrons. The highest BCUT2D eigenvalue weighted by Gasteiger charge is 2.57. The average molecular weight is 572 g/mol. The number of nitro groups is 1. The summed E-state index contributed by atoms with van der Waals surface area (Å²) in [5, 5.41) is 27.4. The zero-order valence-electron chi connectivity index (χ0n) is 22.2. The van der Waals surface area contributed by atoms with Crippen LogP contribution in [0.15, 0.2) is 60.9 Å². The second-order valence-electron chi connectivity index (χ2n) is 10.0. The fourth-order valence-corrected chi connectivity index (χ4v) is 5.27. The fourth-order valence-electron chi connectivity index (χ4n) is 5.27. The molecule has 0 saturated carbocycles. The largest absolute Gasteiger partial charge is 0.465 e. The van der Waals surface area contributed by atoms with Gasteiger partial charge in [-0.1, -0.05) is 30.3 Å². The Balaban J connectivity index is 1.50. The van der Waals surface area contributed by atoms with Crippen LogP contribution in [0.2, 0.25) is 0 Å². The normalized spacial score (nSPS) is 15.4. The van der Waals surface area contributed by atoms with Crippen molar-refractivity contribution in [3.8, 4) is 0 Å². The second kappa shape index (κ2) is 11.0. The minimum atomic E-state index is -5.06. The molecule has 5 rings (SSSR count). The summed E-state index contributed by atoms with van der Waals surface area (Å²) in [6.07, 6.45) is -1.88. The first-order valence-electron chi connectivity index (χ1n) is 13.0. The Bertz CT molecular complexity index is 1580. The van der Waals surface area contributed by atoms with Gasteiger partial charge in [0.05, 0.1) is 22.7 Å². The van der Waals surface area contributed by atoms with Crippen LogP contribution in [0.5, 0.6) is 0 Å². The van der Waals surface area contributed by atoms with Crippen LogP contribution in [0.25, 0.3) is 10.9 Å². The molecule has 1 atom stereocenters. The highest BCUT2D eigenvalue weighted by Crippen LogP contribution is 2.44. The number of esters is 1. The summed E-state index contributed by atoms with van der Waals surface area (Å²) in [7, 11) is 0. The number of fused-ring (bicyclic) bond motifs is 2. The number of nitrogens with zero attached hydrogens (tertiary/aromatic N) is 5. The molecule has 2 aromatic heterocycles. The van der Waals surface area contributed by atoms with Crippen LogP contribution >= 0.6 is 0 Å². The van der Waals surface area contributed by atoms with Crippen molar-refractivity contribution >= 4 is 22.6 Å². The molecule has 1 aliphatic rings. The molecule has 1 unspecified atom stereocenters.